The van der Waals surface area contributed by atoms with Crippen LogP contribution in [0.1, 0.15) is 39.2 Å². The van der Waals surface area contributed by atoms with Crippen molar-refractivity contribution in [3.05, 3.63) is 42.2 Å². The van der Waals surface area contributed by atoms with Gasteiger partial charge in [0.1, 0.15) is 0 Å². The third-order valence-corrected chi connectivity index (χ3v) is 3.38. The molecule has 0 spiro atoms. The second-order valence-electron chi connectivity index (χ2n) is 5.51. The average molecular weight is 242 g/mol. The molecule has 0 unspecified atom stereocenters. The minimum absolute atomic E-state index is 0.186. The van der Waals surface area contributed by atoms with Crippen LogP contribution in [0.4, 0.5) is 0 Å². The van der Waals surface area contributed by atoms with E-state index in [1.165, 1.54) is 29.2 Å². The summed E-state index contributed by atoms with van der Waals surface area (Å²) in [5, 5.41) is 6.14. The highest BCUT2D eigenvalue weighted by Gasteiger charge is 2.15. The summed E-state index contributed by atoms with van der Waals surface area (Å²) in [7, 11) is 0. The van der Waals surface area contributed by atoms with E-state index in [0.29, 0.717) is 0 Å². The Morgan fingerprint density at radius 1 is 1.17 bits per heavy atom. The Labute approximate surface area is 109 Å². The number of aromatic nitrogens is 1. The van der Waals surface area contributed by atoms with Crippen LogP contribution in [0.3, 0.4) is 0 Å². The van der Waals surface area contributed by atoms with Crippen molar-refractivity contribution in [1.29, 1.82) is 0 Å². The van der Waals surface area contributed by atoms with E-state index in [9.17, 15) is 0 Å². The van der Waals surface area contributed by atoms with Gasteiger partial charge >= 0.3 is 0 Å². The maximum Gasteiger partial charge on any atom is 0.0346 e. The number of nitrogens with zero attached hydrogens (tertiary/aromatic N) is 1. The Bertz CT molecular complexity index is 512. The molecule has 2 rings (SSSR count). The number of rotatable bonds is 5. The highest BCUT2D eigenvalue weighted by atomic mass is 14.9. The lowest BCUT2D eigenvalue weighted by atomic mass is 9.98. The molecule has 1 N–H and O–H groups in total. The Balaban J connectivity index is 2.17. The molecule has 96 valence electrons. The number of hydrogen-bond acceptors (Lipinski definition) is 2. The van der Waals surface area contributed by atoms with E-state index < -0.39 is 0 Å². The first-order valence-corrected chi connectivity index (χ1v) is 6.69. The summed E-state index contributed by atoms with van der Waals surface area (Å²) < 4.78 is 0. The SMILES string of the molecule is CCCC(C)(C)NCc1cncc2ccccc12. The summed E-state index contributed by atoms with van der Waals surface area (Å²) in [6.07, 6.45) is 6.28. The second kappa shape index (κ2) is 5.49. The summed E-state index contributed by atoms with van der Waals surface area (Å²) in [4.78, 5) is 4.32. The number of benzene rings is 1. The molecule has 0 fully saturated rings. The molecule has 0 saturated carbocycles. The number of fused-ring (bicyclic) bond motifs is 1. The zero-order valence-corrected chi connectivity index (χ0v) is 11.5. The summed E-state index contributed by atoms with van der Waals surface area (Å²) in [5.74, 6) is 0. The highest BCUT2D eigenvalue weighted by molar-refractivity contribution is 5.84. The van der Waals surface area contributed by atoms with Gasteiger partial charge in [0.25, 0.3) is 0 Å². The van der Waals surface area contributed by atoms with Crippen molar-refractivity contribution < 1.29 is 0 Å². The molecule has 0 atom stereocenters. The Morgan fingerprint density at radius 2 is 1.94 bits per heavy atom. The van der Waals surface area contributed by atoms with Crippen molar-refractivity contribution in [1.82, 2.24) is 10.3 Å². The predicted octanol–water partition coefficient (Wildman–Crippen LogP) is 3.90. The Hall–Kier alpha value is -1.41. The van der Waals surface area contributed by atoms with E-state index in [4.69, 9.17) is 0 Å². The average Bonchev–Trinajstić information content (AvgIpc) is 2.36. The molecule has 0 radical (unpaired) electrons. The first-order chi connectivity index (χ1) is 8.62. The molecule has 0 aliphatic carbocycles. The minimum atomic E-state index is 0.186. The maximum atomic E-state index is 4.32. The molecule has 18 heavy (non-hydrogen) atoms. The molecule has 2 nitrogen and oxygen atoms in total. The van der Waals surface area contributed by atoms with Gasteiger partial charge in [0, 0.05) is 29.9 Å². The first kappa shape index (κ1) is 13.0. The normalized spacial score (nSPS) is 11.9. The maximum absolute atomic E-state index is 4.32. The van der Waals surface area contributed by atoms with Crippen LogP contribution in [0.5, 0.6) is 0 Å². The van der Waals surface area contributed by atoms with Crippen LogP contribution in [0, 0.1) is 0 Å². The van der Waals surface area contributed by atoms with Gasteiger partial charge in [-0.15, -0.1) is 0 Å². The van der Waals surface area contributed by atoms with Crippen LogP contribution in [0.25, 0.3) is 10.8 Å². The summed E-state index contributed by atoms with van der Waals surface area (Å²) in [6.45, 7) is 7.62. The molecule has 0 aliphatic rings. The zero-order chi connectivity index (χ0) is 13.0. The number of pyridine rings is 1. The number of hydrogen-bond donors (Lipinski definition) is 1. The fourth-order valence-corrected chi connectivity index (χ4v) is 2.37. The molecular formula is C16H22N2. The van der Waals surface area contributed by atoms with E-state index in [2.05, 4.69) is 55.3 Å². The van der Waals surface area contributed by atoms with Crippen molar-refractivity contribution in [2.75, 3.05) is 0 Å². The summed E-state index contributed by atoms with van der Waals surface area (Å²) in [5.41, 5.74) is 1.46. The van der Waals surface area contributed by atoms with Crippen LogP contribution < -0.4 is 5.32 Å². The van der Waals surface area contributed by atoms with Crippen LogP contribution in [0.15, 0.2) is 36.7 Å². The van der Waals surface area contributed by atoms with Gasteiger partial charge in [-0.05, 0) is 31.2 Å². The molecule has 1 aromatic heterocycles. The van der Waals surface area contributed by atoms with Gasteiger partial charge in [0.15, 0.2) is 0 Å². The fraction of sp³-hybridized carbons (Fsp3) is 0.438. The monoisotopic (exact) mass is 242 g/mol. The van der Waals surface area contributed by atoms with Crippen molar-refractivity contribution in [3.8, 4) is 0 Å². The Kier molecular flexibility index (Phi) is 3.97. The van der Waals surface area contributed by atoms with Gasteiger partial charge in [0.05, 0.1) is 0 Å². The lowest BCUT2D eigenvalue weighted by Gasteiger charge is -2.26. The first-order valence-electron chi connectivity index (χ1n) is 6.69. The molecule has 1 aromatic carbocycles. The van der Waals surface area contributed by atoms with Crippen LogP contribution in [0.2, 0.25) is 0 Å². The van der Waals surface area contributed by atoms with Gasteiger partial charge in [-0.1, -0.05) is 37.6 Å². The molecule has 2 aromatic rings. The van der Waals surface area contributed by atoms with Crippen LogP contribution in [-0.2, 0) is 6.54 Å². The zero-order valence-electron chi connectivity index (χ0n) is 11.5. The van der Waals surface area contributed by atoms with Gasteiger partial charge in [-0.25, -0.2) is 0 Å². The molecule has 0 amide bonds. The largest absolute Gasteiger partial charge is 0.308 e. The van der Waals surface area contributed by atoms with E-state index in [-0.39, 0.29) is 5.54 Å². The highest BCUT2D eigenvalue weighted by Crippen LogP contribution is 2.18. The minimum Gasteiger partial charge on any atom is -0.308 e. The van der Waals surface area contributed by atoms with E-state index in [1.807, 2.05) is 12.4 Å². The van der Waals surface area contributed by atoms with Crippen LogP contribution in [-0.4, -0.2) is 10.5 Å². The molecule has 0 aliphatic heterocycles. The third kappa shape index (κ3) is 3.08. The standard InChI is InChI=1S/C16H22N2/c1-4-9-16(2,3)18-12-14-11-17-10-13-7-5-6-8-15(13)14/h5-8,10-11,18H,4,9,12H2,1-3H3. The molecule has 2 heteroatoms. The topological polar surface area (TPSA) is 24.9 Å². The molecule has 1 heterocycles. The van der Waals surface area contributed by atoms with Crippen molar-refractivity contribution >= 4 is 10.8 Å². The van der Waals surface area contributed by atoms with Crippen molar-refractivity contribution in [2.45, 2.75) is 45.7 Å². The van der Waals surface area contributed by atoms with Gasteiger partial charge < -0.3 is 5.32 Å². The van der Waals surface area contributed by atoms with Gasteiger partial charge in [-0.3, -0.25) is 4.98 Å². The van der Waals surface area contributed by atoms with Gasteiger partial charge in [-0.2, -0.15) is 0 Å². The predicted molar refractivity (Wildman–Crippen MR) is 77.6 cm³/mol. The quantitative estimate of drug-likeness (QED) is 0.860. The molecule has 0 saturated heterocycles. The molecular weight excluding hydrogens is 220 g/mol. The molecule has 0 bridgehead atoms. The lowest BCUT2D eigenvalue weighted by molar-refractivity contribution is 0.357. The Morgan fingerprint density at radius 3 is 2.72 bits per heavy atom. The lowest BCUT2D eigenvalue weighted by Crippen LogP contribution is -2.38. The van der Waals surface area contributed by atoms with Crippen LogP contribution >= 0.6 is 0 Å². The van der Waals surface area contributed by atoms with E-state index >= 15 is 0 Å². The van der Waals surface area contributed by atoms with Crippen molar-refractivity contribution in [3.63, 3.8) is 0 Å². The fourth-order valence-electron chi connectivity index (χ4n) is 2.37. The third-order valence-electron chi connectivity index (χ3n) is 3.38. The number of nitrogens with one attached hydrogen (secondary N) is 1. The van der Waals surface area contributed by atoms with E-state index in [1.54, 1.807) is 0 Å². The summed E-state index contributed by atoms with van der Waals surface area (Å²) in [6, 6.07) is 8.43. The smallest absolute Gasteiger partial charge is 0.0346 e. The summed E-state index contributed by atoms with van der Waals surface area (Å²) >= 11 is 0. The van der Waals surface area contributed by atoms with Gasteiger partial charge in [0.2, 0.25) is 0 Å². The van der Waals surface area contributed by atoms with Crippen molar-refractivity contribution in [2.24, 2.45) is 0 Å². The van der Waals surface area contributed by atoms with E-state index in [0.717, 1.165) is 6.54 Å². The second-order valence-corrected chi connectivity index (χ2v) is 5.51.